The maximum Gasteiger partial charge on any atom is 0.0917 e. The van der Waals surface area contributed by atoms with Gasteiger partial charge in [-0.15, -0.1) is 0 Å². The van der Waals surface area contributed by atoms with Gasteiger partial charge in [0.05, 0.1) is 12.8 Å². The van der Waals surface area contributed by atoms with Crippen molar-refractivity contribution in [3.63, 3.8) is 0 Å². The summed E-state index contributed by atoms with van der Waals surface area (Å²) in [4.78, 5) is 6.24. The molecule has 1 rings (SSSR count). The van der Waals surface area contributed by atoms with Crippen molar-refractivity contribution in [3.05, 3.63) is 0 Å². The number of aliphatic imine (C=N–C) groups is 1. The second-order valence-corrected chi connectivity index (χ2v) is 2.21. The average Bonchev–Trinajstić information content (AvgIpc) is 1.89. The van der Waals surface area contributed by atoms with Crippen molar-refractivity contribution < 1.29 is 0 Å². The monoisotopic (exact) mass is 127 g/mol. The van der Waals surface area contributed by atoms with Gasteiger partial charge in [-0.2, -0.15) is 0 Å². The van der Waals surface area contributed by atoms with Gasteiger partial charge >= 0.3 is 0 Å². The molecule has 0 aromatic heterocycles. The number of nitrogens with zero attached hydrogens (tertiary/aromatic N) is 2. The van der Waals surface area contributed by atoms with Gasteiger partial charge in [-0.25, -0.2) is 0 Å². The van der Waals surface area contributed by atoms with Crippen molar-refractivity contribution in [2.45, 2.75) is 19.5 Å². The molecule has 0 bridgehead atoms. The van der Waals surface area contributed by atoms with E-state index in [2.05, 4.69) is 16.8 Å². The Bertz CT molecular complexity index is 111. The summed E-state index contributed by atoms with van der Waals surface area (Å²) in [7, 11) is 0. The van der Waals surface area contributed by atoms with E-state index in [1.54, 1.807) is 0 Å². The Kier molecular flexibility index (Phi) is 2.19. The van der Waals surface area contributed by atoms with Gasteiger partial charge in [-0.3, -0.25) is 9.89 Å². The predicted molar refractivity (Wildman–Crippen MR) is 38.3 cm³/mol. The molecule has 3 heteroatoms. The molecule has 0 amide bonds. The van der Waals surface area contributed by atoms with Crippen LogP contribution in [0.2, 0.25) is 0 Å². The van der Waals surface area contributed by atoms with E-state index < -0.39 is 0 Å². The summed E-state index contributed by atoms with van der Waals surface area (Å²) in [5.74, 6) is 0. The molecule has 2 N–H and O–H groups in total. The molecule has 1 unspecified atom stereocenters. The molecule has 9 heavy (non-hydrogen) atoms. The minimum Gasteiger partial charge on any atom is -0.315 e. The molecule has 1 aliphatic rings. The second kappa shape index (κ2) is 2.94. The third-order valence-electron chi connectivity index (χ3n) is 1.61. The van der Waals surface area contributed by atoms with Crippen LogP contribution in [0.4, 0.5) is 0 Å². The summed E-state index contributed by atoms with van der Waals surface area (Å²) in [6, 6.07) is 0. The minimum atomic E-state index is 0.201. The fourth-order valence-corrected chi connectivity index (χ4v) is 0.934. The predicted octanol–water partition coefficient (Wildman–Crippen LogP) is 0.0251. The Balaban J connectivity index is 2.43. The van der Waals surface area contributed by atoms with Crippen LogP contribution in [-0.2, 0) is 0 Å². The van der Waals surface area contributed by atoms with Gasteiger partial charge in [0.2, 0.25) is 0 Å². The zero-order chi connectivity index (χ0) is 6.69. The molecule has 1 heterocycles. The number of hydrogen-bond acceptors (Lipinski definition) is 3. The Labute approximate surface area is 55.6 Å². The fourth-order valence-electron chi connectivity index (χ4n) is 0.934. The highest BCUT2D eigenvalue weighted by Crippen LogP contribution is 2.00. The summed E-state index contributed by atoms with van der Waals surface area (Å²) < 4.78 is 0. The lowest BCUT2D eigenvalue weighted by atomic mass is 10.3. The molecule has 3 nitrogen and oxygen atoms in total. The van der Waals surface area contributed by atoms with E-state index in [-0.39, 0.29) is 6.17 Å². The Morgan fingerprint density at radius 1 is 1.89 bits per heavy atom. The van der Waals surface area contributed by atoms with Gasteiger partial charge in [0.15, 0.2) is 0 Å². The van der Waals surface area contributed by atoms with E-state index in [1.807, 2.05) is 6.21 Å². The lowest BCUT2D eigenvalue weighted by Gasteiger charge is -2.27. The Morgan fingerprint density at radius 3 is 3.11 bits per heavy atom. The second-order valence-electron chi connectivity index (χ2n) is 2.21. The molecular weight excluding hydrogens is 114 g/mol. The molecular formula is C6H13N3. The Morgan fingerprint density at radius 2 is 2.67 bits per heavy atom. The summed E-state index contributed by atoms with van der Waals surface area (Å²) in [6.45, 7) is 3.87. The molecule has 1 aliphatic heterocycles. The van der Waals surface area contributed by atoms with E-state index in [4.69, 9.17) is 5.73 Å². The van der Waals surface area contributed by atoms with Crippen molar-refractivity contribution in [3.8, 4) is 0 Å². The van der Waals surface area contributed by atoms with Gasteiger partial charge in [0.1, 0.15) is 0 Å². The number of rotatable bonds is 1. The van der Waals surface area contributed by atoms with Gasteiger partial charge in [-0.1, -0.05) is 6.92 Å². The van der Waals surface area contributed by atoms with E-state index in [0.717, 1.165) is 19.6 Å². The van der Waals surface area contributed by atoms with Crippen molar-refractivity contribution >= 4 is 6.21 Å². The van der Waals surface area contributed by atoms with Crippen LogP contribution in [0.25, 0.3) is 0 Å². The van der Waals surface area contributed by atoms with Crippen LogP contribution in [0.3, 0.4) is 0 Å². The standard InChI is InChI=1S/C6H13N3/c1-2-9-5-8-4-3-6(9)7/h4,6H,2-3,5,7H2,1H3. The van der Waals surface area contributed by atoms with Crippen LogP contribution < -0.4 is 5.73 Å². The smallest absolute Gasteiger partial charge is 0.0917 e. The quantitative estimate of drug-likeness (QED) is 0.539. The summed E-state index contributed by atoms with van der Waals surface area (Å²) in [6.07, 6.45) is 3.00. The van der Waals surface area contributed by atoms with Gasteiger partial charge in [0.25, 0.3) is 0 Å². The molecule has 0 aliphatic carbocycles. The first-order valence-electron chi connectivity index (χ1n) is 3.32. The lowest BCUT2D eigenvalue weighted by Crippen LogP contribution is -2.44. The SMILES string of the molecule is CCN1CN=CCC1N. The van der Waals surface area contributed by atoms with E-state index in [1.165, 1.54) is 0 Å². The molecule has 0 radical (unpaired) electrons. The molecule has 0 fully saturated rings. The van der Waals surface area contributed by atoms with Crippen LogP contribution in [0, 0.1) is 0 Å². The molecule has 0 aromatic carbocycles. The molecule has 0 saturated heterocycles. The lowest BCUT2D eigenvalue weighted by molar-refractivity contribution is 0.213. The van der Waals surface area contributed by atoms with Crippen LogP contribution in [0.15, 0.2) is 4.99 Å². The summed E-state index contributed by atoms with van der Waals surface area (Å²) in [5.41, 5.74) is 5.72. The first-order valence-corrected chi connectivity index (χ1v) is 3.32. The van der Waals surface area contributed by atoms with Gasteiger partial charge < -0.3 is 5.73 Å². The maximum atomic E-state index is 5.72. The maximum absolute atomic E-state index is 5.72. The summed E-state index contributed by atoms with van der Waals surface area (Å²) in [5, 5.41) is 0. The van der Waals surface area contributed by atoms with Crippen LogP contribution in [0.5, 0.6) is 0 Å². The van der Waals surface area contributed by atoms with Crippen molar-refractivity contribution in [2.24, 2.45) is 10.7 Å². The van der Waals surface area contributed by atoms with Crippen molar-refractivity contribution in [1.29, 1.82) is 0 Å². The first-order chi connectivity index (χ1) is 4.34. The normalized spacial score (nSPS) is 28.9. The van der Waals surface area contributed by atoms with Crippen LogP contribution >= 0.6 is 0 Å². The average molecular weight is 127 g/mol. The highest BCUT2D eigenvalue weighted by molar-refractivity contribution is 5.58. The van der Waals surface area contributed by atoms with Crippen molar-refractivity contribution in [2.75, 3.05) is 13.2 Å². The highest BCUT2D eigenvalue weighted by atomic mass is 15.3. The van der Waals surface area contributed by atoms with E-state index in [9.17, 15) is 0 Å². The topological polar surface area (TPSA) is 41.6 Å². The van der Waals surface area contributed by atoms with Crippen molar-refractivity contribution in [1.82, 2.24) is 4.90 Å². The van der Waals surface area contributed by atoms with E-state index >= 15 is 0 Å². The zero-order valence-electron chi connectivity index (χ0n) is 5.75. The van der Waals surface area contributed by atoms with Crippen LogP contribution in [-0.4, -0.2) is 30.5 Å². The Hall–Kier alpha value is -0.410. The van der Waals surface area contributed by atoms with Crippen LogP contribution in [0.1, 0.15) is 13.3 Å². The molecule has 1 atom stereocenters. The number of hydrogen-bond donors (Lipinski definition) is 1. The molecule has 52 valence electrons. The largest absolute Gasteiger partial charge is 0.315 e. The molecule has 0 saturated carbocycles. The fraction of sp³-hybridized carbons (Fsp3) is 0.833. The van der Waals surface area contributed by atoms with Gasteiger partial charge in [0, 0.05) is 12.6 Å². The molecule has 0 spiro atoms. The third-order valence-corrected chi connectivity index (χ3v) is 1.61. The zero-order valence-corrected chi connectivity index (χ0v) is 5.75. The molecule has 0 aromatic rings. The summed E-state index contributed by atoms with van der Waals surface area (Å²) >= 11 is 0. The third kappa shape index (κ3) is 1.50. The minimum absolute atomic E-state index is 0.201. The number of nitrogens with two attached hydrogens (primary N) is 1. The first kappa shape index (κ1) is 6.71. The van der Waals surface area contributed by atoms with E-state index in [0.29, 0.717) is 0 Å². The highest BCUT2D eigenvalue weighted by Gasteiger charge is 2.12. The van der Waals surface area contributed by atoms with Gasteiger partial charge in [-0.05, 0) is 6.54 Å².